The number of nitrogens with one attached hydrogen (secondary N) is 2. The number of hydrogen-bond acceptors (Lipinski definition) is 3. The molecule has 3 rings (SSSR count). The van der Waals surface area contributed by atoms with Crippen LogP contribution in [0.15, 0.2) is 24.3 Å². The SMILES string of the molecule is Cc1n[nH]c(C)c1CNC(=O)N(CC(O)c1ccc(F)cc1)C1CC1. The van der Waals surface area contributed by atoms with Gasteiger partial charge < -0.3 is 15.3 Å². The largest absolute Gasteiger partial charge is 0.387 e. The third-order valence-corrected chi connectivity index (χ3v) is 4.57. The van der Waals surface area contributed by atoms with E-state index in [1.54, 1.807) is 17.0 Å². The van der Waals surface area contributed by atoms with Crippen LogP contribution in [0.25, 0.3) is 0 Å². The Balaban J connectivity index is 1.62. The summed E-state index contributed by atoms with van der Waals surface area (Å²) in [7, 11) is 0. The number of amides is 2. The van der Waals surface area contributed by atoms with Crippen LogP contribution in [0.2, 0.25) is 0 Å². The van der Waals surface area contributed by atoms with E-state index in [-0.39, 0.29) is 24.4 Å². The molecule has 0 bridgehead atoms. The van der Waals surface area contributed by atoms with Crippen molar-refractivity contribution in [2.45, 2.75) is 45.4 Å². The normalized spacial score (nSPS) is 15.0. The van der Waals surface area contributed by atoms with Gasteiger partial charge in [0, 0.05) is 23.8 Å². The summed E-state index contributed by atoms with van der Waals surface area (Å²) in [4.78, 5) is 14.2. The molecule has 0 saturated heterocycles. The molecule has 0 spiro atoms. The first-order chi connectivity index (χ1) is 12.0. The molecular formula is C18H23FN4O2. The third-order valence-electron chi connectivity index (χ3n) is 4.57. The zero-order valence-corrected chi connectivity index (χ0v) is 14.4. The number of aryl methyl sites for hydroxylation is 2. The van der Waals surface area contributed by atoms with Gasteiger partial charge in [0.15, 0.2) is 0 Å². The molecule has 0 aliphatic heterocycles. The highest BCUT2D eigenvalue weighted by Gasteiger charge is 2.34. The molecule has 0 radical (unpaired) electrons. The fourth-order valence-corrected chi connectivity index (χ4v) is 2.86. The molecule has 6 nitrogen and oxygen atoms in total. The number of urea groups is 1. The first-order valence-corrected chi connectivity index (χ1v) is 8.44. The van der Waals surface area contributed by atoms with Crippen molar-refractivity contribution in [2.75, 3.05) is 6.54 Å². The van der Waals surface area contributed by atoms with Crippen molar-refractivity contribution in [3.05, 3.63) is 52.6 Å². The standard InChI is InChI=1S/C18H23FN4O2/c1-11-16(12(2)22-21-11)9-20-18(25)23(15-7-8-15)10-17(24)13-3-5-14(19)6-4-13/h3-6,15,17,24H,7-10H2,1-2H3,(H,20,25)(H,21,22). The summed E-state index contributed by atoms with van der Waals surface area (Å²) in [6.45, 7) is 4.38. The summed E-state index contributed by atoms with van der Waals surface area (Å²) in [6, 6.07) is 5.66. The maximum atomic E-state index is 13.0. The second kappa shape index (κ2) is 7.23. The van der Waals surface area contributed by atoms with Crippen molar-refractivity contribution in [3.63, 3.8) is 0 Å². The van der Waals surface area contributed by atoms with Gasteiger partial charge >= 0.3 is 6.03 Å². The van der Waals surface area contributed by atoms with E-state index >= 15 is 0 Å². The minimum atomic E-state index is -0.843. The third kappa shape index (κ3) is 4.17. The Morgan fingerprint density at radius 3 is 2.64 bits per heavy atom. The van der Waals surface area contributed by atoms with Crippen LogP contribution < -0.4 is 5.32 Å². The Labute approximate surface area is 146 Å². The number of aliphatic hydroxyl groups excluding tert-OH is 1. The fraction of sp³-hybridized carbons (Fsp3) is 0.444. The maximum absolute atomic E-state index is 13.0. The van der Waals surface area contributed by atoms with Crippen LogP contribution in [0.4, 0.5) is 9.18 Å². The molecule has 1 unspecified atom stereocenters. The van der Waals surface area contributed by atoms with Crippen LogP contribution in [0.1, 0.15) is 41.5 Å². The molecule has 1 saturated carbocycles. The lowest BCUT2D eigenvalue weighted by molar-refractivity contribution is 0.117. The van der Waals surface area contributed by atoms with E-state index in [2.05, 4.69) is 15.5 Å². The van der Waals surface area contributed by atoms with Crippen molar-refractivity contribution in [3.8, 4) is 0 Å². The Morgan fingerprint density at radius 1 is 1.40 bits per heavy atom. The molecule has 1 heterocycles. The topological polar surface area (TPSA) is 81.2 Å². The zero-order valence-electron chi connectivity index (χ0n) is 14.4. The molecule has 1 fully saturated rings. The fourth-order valence-electron chi connectivity index (χ4n) is 2.86. The maximum Gasteiger partial charge on any atom is 0.318 e. The van der Waals surface area contributed by atoms with Crippen LogP contribution in [0.5, 0.6) is 0 Å². The molecule has 134 valence electrons. The Kier molecular flexibility index (Phi) is 5.03. The molecule has 7 heteroatoms. The molecule has 3 N–H and O–H groups in total. The number of halogens is 1. The molecule has 25 heavy (non-hydrogen) atoms. The first-order valence-electron chi connectivity index (χ1n) is 8.44. The molecular weight excluding hydrogens is 323 g/mol. The van der Waals surface area contributed by atoms with Crippen molar-refractivity contribution in [1.82, 2.24) is 20.4 Å². The van der Waals surface area contributed by atoms with Gasteiger partial charge in [-0.1, -0.05) is 12.1 Å². The molecule has 1 aromatic heterocycles. The molecule has 1 aliphatic carbocycles. The van der Waals surface area contributed by atoms with Crippen LogP contribution in [-0.2, 0) is 6.54 Å². The van der Waals surface area contributed by atoms with Gasteiger partial charge in [-0.25, -0.2) is 9.18 Å². The van der Waals surface area contributed by atoms with Gasteiger partial charge in [0.1, 0.15) is 5.82 Å². The van der Waals surface area contributed by atoms with Crippen LogP contribution in [-0.4, -0.2) is 38.8 Å². The lowest BCUT2D eigenvalue weighted by atomic mass is 10.1. The molecule has 2 aromatic rings. The van der Waals surface area contributed by atoms with Crippen LogP contribution >= 0.6 is 0 Å². The summed E-state index contributed by atoms with van der Waals surface area (Å²) >= 11 is 0. The van der Waals surface area contributed by atoms with Gasteiger partial charge in [0.05, 0.1) is 18.3 Å². The van der Waals surface area contributed by atoms with Crippen molar-refractivity contribution in [1.29, 1.82) is 0 Å². The number of aromatic nitrogens is 2. The first kappa shape index (κ1) is 17.4. The van der Waals surface area contributed by atoms with Crippen LogP contribution in [0.3, 0.4) is 0 Å². The molecule has 1 aromatic carbocycles. The van der Waals surface area contributed by atoms with Gasteiger partial charge in [0.2, 0.25) is 0 Å². The Hall–Kier alpha value is -2.41. The van der Waals surface area contributed by atoms with Gasteiger partial charge in [-0.05, 0) is 44.4 Å². The monoisotopic (exact) mass is 346 g/mol. The number of carbonyl (C=O) groups is 1. The Morgan fingerprint density at radius 2 is 2.08 bits per heavy atom. The molecule has 2 amide bonds. The van der Waals surface area contributed by atoms with Crippen molar-refractivity contribution < 1.29 is 14.3 Å². The highest BCUT2D eigenvalue weighted by Crippen LogP contribution is 2.29. The number of benzene rings is 1. The highest BCUT2D eigenvalue weighted by atomic mass is 19.1. The number of rotatable bonds is 6. The number of H-pyrrole nitrogens is 1. The number of aromatic amines is 1. The summed E-state index contributed by atoms with van der Waals surface area (Å²) < 4.78 is 13.0. The van der Waals surface area contributed by atoms with E-state index in [1.165, 1.54) is 12.1 Å². The van der Waals surface area contributed by atoms with E-state index < -0.39 is 6.10 Å². The zero-order chi connectivity index (χ0) is 18.0. The quantitative estimate of drug-likeness (QED) is 0.752. The number of hydrogen-bond donors (Lipinski definition) is 3. The van der Waals surface area contributed by atoms with Gasteiger partial charge in [-0.2, -0.15) is 5.10 Å². The van der Waals surface area contributed by atoms with E-state index in [1.807, 2.05) is 13.8 Å². The highest BCUT2D eigenvalue weighted by molar-refractivity contribution is 5.75. The summed E-state index contributed by atoms with van der Waals surface area (Å²) in [5.74, 6) is -0.349. The van der Waals surface area contributed by atoms with Crippen molar-refractivity contribution in [2.24, 2.45) is 0 Å². The number of aliphatic hydroxyl groups is 1. The second-order valence-corrected chi connectivity index (χ2v) is 6.52. The average molecular weight is 346 g/mol. The van der Waals surface area contributed by atoms with E-state index in [4.69, 9.17) is 0 Å². The lowest BCUT2D eigenvalue weighted by Crippen LogP contribution is -2.43. The van der Waals surface area contributed by atoms with E-state index in [0.717, 1.165) is 29.8 Å². The lowest BCUT2D eigenvalue weighted by Gasteiger charge is -2.26. The summed E-state index contributed by atoms with van der Waals surface area (Å²) in [5, 5.41) is 20.3. The van der Waals surface area contributed by atoms with E-state index in [9.17, 15) is 14.3 Å². The smallest absolute Gasteiger partial charge is 0.318 e. The van der Waals surface area contributed by atoms with Crippen molar-refractivity contribution >= 4 is 6.03 Å². The minimum absolute atomic E-state index is 0.154. The average Bonchev–Trinajstić information content (AvgIpc) is 3.38. The second-order valence-electron chi connectivity index (χ2n) is 6.52. The predicted octanol–water partition coefficient (Wildman–Crippen LogP) is 2.57. The number of carbonyl (C=O) groups excluding carboxylic acids is 1. The van der Waals surface area contributed by atoms with Gasteiger partial charge in [-0.3, -0.25) is 5.10 Å². The molecule has 1 atom stereocenters. The summed E-state index contributed by atoms with van der Waals surface area (Å²) in [6.07, 6.45) is 1.03. The predicted molar refractivity (Wildman–Crippen MR) is 91.4 cm³/mol. The Bertz CT molecular complexity index is 721. The van der Waals surface area contributed by atoms with Gasteiger partial charge in [0.25, 0.3) is 0 Å². The molecule has 1 aliphatic rings. The van der Waals surface area contributed by atoms with E-state index in [0.29, 0.717) is 12.1 Å². The number of nitrogens with zero attached hydrogens (tertiary/aromatic N) is 2. The minimum Gasteiger partial charge on any atom is -0.387 e. The summed E-state index contributed by atoms with van der Waals surface area (Å²) in [5.41, 5.74) is 3.37. The van der Waals surface area contributed by atoms with Crippen LogP contribution in [0, 0.1) is 19.7 Å². The van der Waals surface area contributed by atoms with Gasteiger partial charge in [-0.15, -0.1) is 0 Å².